The van der Waals surface area contributed by atoms with Crippen molar-refractivity contribution in [2.24, 2.45) is 0 Å². The first-order valence-corrected chi connectivity index (χ1v) is 15.6. The third-order valence-electron chi connectivity index (χ3n) is 8.44. The van der Waals surface area contributed by atoms with Gasteiger partial charge in [0.05, 0.1) is 34.9 Å². The summed E-state index contributed by atoms with van der Waals surface area (Å²) in [5.41, 5.74) is 6.43. The number of hydrogen-bond donors (Lipinski definition) is 0. The topological polar surface area (TPSA) is 83.0 Å². The van der Waals surface area contributed by atoms with Crippen LogP contribution in [0, 0.1) is 0 Å². The molecule has 3 aliphatic heterocycles. The van der Waals surface area contributed by atoms with Crippen molar-refractivity contribution in [1.82, 2.24) is 14.2 Å². The SMILES string of the molecule is O=C1c2c(cccc2N2CCc3cccc(S(=O)(=O)N4CCOCC4)c3C2)CN1CCc1ccc2ccccc2n1. The quantitative estimate of drug-likeness (QED) is 0.350. The van der Waals surface area contributed by atoms with E-state index in [2.05, 4.69) is 11.0 Å². The molecule has 0 aliphatic carbocycles. The molecule has 210 valence electrons. The molecule has 41 heavy (non-hydrogen) atoms. The third kappa shape index (κ3) is 4.77. The first-order chi connectivity index (χ1) is 20.0. The molecule has 4 aromatic rings. The van der Waals surface area contributed by atoms with Gasteiger partial charge in [0, 0.05) is 56.8 Å². The number of para-hydroxylation sites is 1. The Morgan fingerprint density at radius 1 is 0.829 bits per heavy atom. The largest absolute Gasteiger partial charge is 0.379 e. The maximum atomic E-state index is 13.7. The van der Waals surface area contributed by atoms with Gasteiger partial charge < -0.3 is 14.5 Å². The summed E-state index contributed by atoms with van der Waals surface area (Å²) in [4.78, 5) is 23.0. The Morgan fingerprint density at radius 2 is 1.63 bits per heavy atom. The molecular formula is C32H32N4O4S. The number of pyridine rings is 1. The third-order valence-corrected chi connectivity index (χ3v) is 10.4. The summed E-state index contributed by atoms with van der Waals surface area (Å²) in [5.74, 6) is 0.0245. The highest BCUT2D eigenvalue weighted by Gasteiger charge is 2.34. The zero-order chi connectivity index (χ0) is 28.0. The smallest absolute Gasteiger partial charge is 0.256 e. The average molecular weight is 569 g/mol. The molecule has 3 aromatic carbocycles. The number of sulfonamides is 1. The predicted octanol–water partition coefficient (Wildman–Crippen LogP) is 4.02. The van der Waals surface area contributed by atoms with Gasteiger partial charge in [-0.1, -0.05) is 48.5 Å². The lowest BCUT2D eigenvalue weighted by molar-refractivity contribution is 0.0730. The van der Waals surface area contributed by atoms with E-state index < -0.39 is 10.0 Å². The van der Waals surface area contributed by atoms with Gasteiger partial charge in [-0.05, 0) is 47.4 Å². The van der Waals surface area contributed by atoms with Crippen molar-refractivity contribution in [2.75, 3.05) is 44.3 Å². The lowest BCUT2D eigenvalue weighted by atomic mass is 9.98. The van der Waals surface area contributed by atoms with Gasteiger partial charge in [-0.15, -0.1) is 0 Å². The molecule has 1 aromatic heterocycles. The van der Waals surface area contributed by atoms with Crippen molar-refractivity contribution < 1.29 is 17.9 Å². The van der Waals surface area contributed by atoms with E-state index in [9.17, 15) is 13.2 Å². The van der Waals surface area contributed by atoms with Crippen LogP contribution in [0.3, 0.4) is 0 Å². The summed E-state index contributed by atoms with van der Waals surface area (Å²) in [6.45, 7) is 3.86. The van der Waals surface area contributed by atoms with Crippen LogP contribution in [0.5, 0.6) is 0 Å². The summed E-state index contributed by atoms with van der Waals surface area (Å²) < 4.78 is 34.2. The molecule has 0 bridgehead atoms. The summed E-state index contributed by atoms with van der Waals surface area (Å²) >= 11 is 0. The Labute approximate surface area is 240 Å². The van der Waals surface area contributed by atoms with Crippen molar-refractivity contribution >= 4 is 32.5 Å². The number of morpholine rings is 1. The summed E-state index contributed by atoms with van der Waals surface area (Å²) in [6, 6.07) is 23.8. The Balaban J connectivity index is 1.13. The van der Waals surface area contributed by atoms with E-state index in [-0.39, 0.29) is 5.91 Å². The van der Waals surface area contributed by atoms with E-state index in [1.807, 2.05) is 65.6 Å². The highest BCUT2D eigenvalue weighted by atomic mass is 32.2. The molecule has 9 heteroatoms. The predicted molar refractivity (Wildman–Crippen MR) is 157 cm³/mol. The molecule has 0 saturated carbocycles. The highest BCUT2D eigenvalue weighted by Crippen LogP contribution is 2.36. The number of anilines is 1. The number of carbonyl (C=O) groups is 1. The van der Waals surface area contributed by atoms with Crippen LogP contribution in [-0.4, -0.2) is 67.9 Å². The Morgan fingerprint density at radius 3 is 2.51 bits per heavy atom. The first kappa shape index (κ1) is 26.1. The van der Waals surface area contributed by atoms with Crippen LogP contribution in [0.25, 0.3) is 10.9 Å². The number of ether oxygens (including phenoxy) is 1. The Kier molecular flexibility index (Phi) is 6.73. The van der Waals surface area contributed by atoms with Gasteiger partial charge in [-0.3, -0.25) is 9.78 Å². The monoisotopic (exact) mass is 568 g/mol. The van der Waals surface area contributed by atoms with Crippen molar-refractivity contribution in [2.45, 2.75) is 30.8 Å². The van der Waals surface area contributed by atoms with Gasteiger partial charge in [-0.25, -0.2) is 8.42 Å². The second-order valence-electron chi connectivity index (χ2n) is 10.9. The van der Waals surface area contributed by atoms with Crippen molar-refractivity contribution in [1.29, 1.82) is 0 Å². The fourth-order valence-corrected chi connectivity index (χ4v) is 7.93. The number of amides is 1. The van der Waals surface area contributed by atoms with Crippen LogP contribution in [0.1, 0.15) is 32.7 Å². The number of benzene rings is 3. The van der Waals surface area contributed by atoms with Gasteiger partial charge in [0.25, 0.3) is 5.91 Å². The van der Waals surface area contributed by atoms with Crippen LogP contribution in [0.4, 0.5) is 5.69 Å². The zero-order valence-electron chi connectivity index (χ0n) is 22.8. The molecule has 1 fully saturated rings. The maximum Gasteiger partial charge on any atom is 0.256 e. The normalized spacial score (nSPS) is 17.6. The fraction of sp³-hybridized carbons (Fsp3) is 0.312. The van der Waals surface area contributed by atoms with Gasteiger partial charge in [-0.2, -0.15) is 4.31 Å². The molecule has 4 heterocycles. The Bertz CT molecular complexity index is 1750. The second-order valence-corrected chi connectivity index (χ2v) is 12.8. The van der Waals surface area contributed by atoms with E-state index in [0.717, 1.165) is 57.5 Å². The van der Waals surface area contributed by atoms with Crippen molar-refractivity contribution in [3.63, 3.8) is 0 Å². The van der Waals surface area contributed by atoms with E-state index in [0.29, 0.717) is 57.3 Å². The summed E-state index contributed by atoms with van der Waals surface area (Å²) in [5, 5.41) is 1.11. The molecule has 0 spiro atoms. The van der Waals surface area contributed by atoms with Gasteiger partial charge in [0.15, 0.2) is 0 Å². The van der Waals surface area contributed by atoms with E-state index in [1.54, 1.807) is 6.07 Å². The van der Waals surface area contributed by atoms with E-state index >= 15 is 0 Å². The number of nitrogens with zero attached hydrogens (tertiary/aromatic N) is 4. The maximum absolute atomic E-state index is 13.7. The van der Waals surface area contributed by atoms with Gasteiger partial charge in [0.1, 0.15) is 0 Å². The highest BCUT2D eigenvalue weighted by molar-refractivity contribution is 7.89. The van der Waals surface area contributed by atoms with Crippen molar-refractivity contribution in [3.8, 4) is 0 Å². The number of rotatable bonds is 6. The lowest BCUT2D eigenvalue weighted by Gasteiger charge is -2.34. The van der Waals surface area contributed by atoms with Crippen LogP contribution >= 0.6 is 0 Å². The fourth-order valence-electron chi connectivity index (χ4n) is 6.27. The van der Waals surface area contributed by atoms with Gasteiger partial charge >= 0.3 is 0 Å². The Hall–Kier alpha value is -3.79. The van der Waals surface area contributed by atoms with Crippen LogP contribution < -0.4 is 4.90 Å². The number of fused-ring (bicyclic) bond motifs is 3. The second kappa shape index (κ2) is 10.6. The van der Waals surface area contributed by atoms with Crippen LogP contribution in [0.2, 0.25) is 0 Å². The molecule has 0 radical (unpaired) electrons. The molecular weight excluding hydrogens is 536 g/mol. The number of carbonyl (C=O) groups excluding carboxylic acids is 1. The lowest BCUT2D eigenvalue weighted by Crippen LogP contribution is -2.41. The molecule has 0 N–H and O–H groups in total. The standard InChI is InChI=1S/C32H32N4O4S/c37-32-31-25(21-35(32)16-14-26-12-11-24-5-1-2-8-28(24)33-26)7-3-9-29(31)34-15-13-23-6-4-10-30(27(23)22-34)41(38,39)36-17-19-40-20-18-36/h1-12H,13-22H2. The molecule has 8 nitrogen and oxygen atoms in total. The van der Waals surface area contributed by atoms with Crippen molar-refractivity contribution in [3.05, 3.63) is 101 Å². The minimum Gasteiger partial charge on any atom is -0.379 e. The molecule has 1 amide bonds. The average Bonchev–Trinajstić information content (AvgIpc) is 3.35. The summed E-state index contributed by atoms with van der Waals surface area (Å²) in [6.07, 6.45) is 1.40. The molecule has 1 saturated heterocycles. The molecule has 0 atom stereocenters. The van der Waals surface area contributed by atoms with E-state index in [1.165, 1.54) is 4.31 Å². The van der Waals surface area contributed by atoms with Crippen LogP contribution in [0.15, 0.2) is 77.7 Å². The molecule has 0 unspecified atom stereocenters. The van der Waals surface area contributed by atoms with Crippen LogP contribution in [-0.2, 0) is 40.7 Å². The number of aromatic nitrogens is 1. The number of hydrogen-bond acceptors (Lipinski definition) is 6. The van der Waals surface area contributed by atoms with Gasteiger partial charge in [0.2, 0.25) is 10.0 Å². The first-order valence-electron chi connectivity index (χ1n) is 14.2. The molecule has 3 aliphatic rings. The zero-order valence-corrected chi connectivity index (χ0v) is 23.6. The summed E-state index contributed by atoms with van der Waals surface area (Å²) in [7, 11) is -3.64. The van der Waals surface area contributed by atoms with E-state index in [4.69, 9.17) is 9.72 Å². The minimum absolute atomic E-state index is 0.0245. The minimum atomic E-state index is -3.64. The molecule has 7 rings (SSSR count).